The molecule has 39 heavy (non-hydrogen) atoms. The van der Waals surface area contributed by atoms with Gasteiger partial charge in [0.1, 0.15) is 18.3 Å². The lowest BCUT2D eigenvalue weighted by atomic mass is 9.79. The van der Waals surface area contributed by atoms with Crippen molar-refractivity contribution in [2.24, 2.45) is 0 Å². The largest absolute Gasteiger partial charge is 0.504 e. The summed E-state index contributed by atoms with van der Waals surface area (Å²) in [6.45, 7) is -0.284. The number of hydrogen-bond acceptors (Lipinski definition) is 11. The Labute approximate surface area is 223 Å². The van der Waals surface area contributed by atoms with Gasteiger partial charge in [-0.2, -0.15) is 0 Å². The van der Waals surface area contributed by atoms with Gasteiger partial charge >= 0.3 is 11.9 Å². The number of benzene rings is 2. The third kappa shape index (κ3) is 5.50. The Morgan fingerprint density at radius 1 is 1.10 bits per heavy atom. The quantitative estimate of drug-likeness (QED) is 0.203. The third-order valence-corrected chi connectivity index (χ3v) is 7.00. The van der Waals surface area contributed by atoms with E-state index in [1.807, 2.05) is 0 Å². The summed E-state index contributed by atoms with van der Waals surface area (Å²) in [4.78, 5) is 23.9. The van der Waals surface area contributed by atoms with E-state index >= 15 is 0 Å². The smallest absolute Gasteiger partial charge is 0.335 e. The lowest BCUT2D eigenvalue weighted by Crippen LogP contribution is -2.57. The molecule has 0 spiro atoms. The number of phenols is 1. The van der Waals surface area contributed by atoms with E-state index in [2.05, 4.69) is 0 Å². The summed E-state index contributed by atoms with van der Waals surface area (Å²) in [5.74, 6) is -2.11. The second kappa shape index (κ2) is 11.1. The average molecular weight is 547 g/mol. The number of aromatic hydroxyl groups is 1. The Morgan fingerprint density at radius 2 is 1.82 bits per heavy atom. The number of carbonyl (C=O) groups excluding carboxylic acids is 1. The second-order valence-electron chi connectivity index (χ2n) is 9.51. The van der Waals surface area contributed by atoms with E-state index in [1.165, 1.54) is 26.4 Å². The van der Waals surface area contributed by atoms with E-state index in [9.17, 15) is 40.2 Å². The van der Waals surface area contributed by atoms with Gasteiger partial charge in [-0.05, 0) is 41.5 Å². The zero-order valence-electron chi connectivity index (χ0n) is 21.2. The van der Waals surface area contributed by atoms with Crippen molar-refractivity contribution in [2.75, 3.05) is 20.8 Å². The van der Waals surface area contributed by atoms with Crippen molar-refractivity contribution in [1.82, 2.24) is 0 Å². The van der Waals surface area contributed by atoms with E-state index in [-0.39, 0.29) is 18.1 Å². The molecule has 1 aliphatic heterocycles. The molecule has 0 unspecified atom stereocenters. The van der Waals surface area contributed by atoms with Crippen LogP contribution >= 0.6 is 0 Å². The number of carboxylic acids is 1. The maximum atomic E-state index is 12.5. The first-order chi connectivity index (χ1) is 18.5. The van der Waals surface area contributed by atoms with Crippen molar-refractivity contribution in [1.29, 1.82) is 0 Å². The van der Waals surface area contributed by atoms with Crippen LogP contribution in [0.4, 0.5) is 0 Å². The molecule has 6 atom stereocenters. The highest BCUT2D eigenvalue weighted by Gasteiger charge is 2.50. The van der Waals surface area contributed by atoms with Gasteiger partial charge in [0, 0.05) is 24.5 Å². The number of aliphatic hydroxyl groups excluding tert-OH is 3. The zero-order valence-corrected chi connectivity index (χ0v) is 21.2. The van der Waals surface area contributed by atoms with Crippen LogP contribution in [-0.2, 0) is 14.3 Å². The van der Waals surface area contributed by atoms with Crippen molar-refractivity contribution >= 4 is 18.0 Å². The van der Waals surface area contributed by atoms with Gasteiger partial charge < -0.3 is 49.6 Å². The summed E-state index contributed by atoms with van der Waals surface area (Å²) in [6.07, 6.45) is -3.99. The lowest BCUT2D eigenvalue weighted by Gasteiger charge is -2.39. The zero-order chi connectivity index (χ0) is 28.5. The molecule has 0 bridgehead atoms. The van der Waals surface area contributed by atoms with Crippen LogP contribution in [0, 0.1) is 0 Å². The van der Waals surface area contributed by atoms with Gasteiger partial charge in [0.15, 0.2) is 28.6 Å². The van der Waals surface area contributed by atoms with Crippen molar-refractivity contribution in [2.45, 2.75) is 48.8 Å². The third-order valence-electron chi connectivity index (χ3n) is 7.00. The SMILES string of the molecule is COc1cc([C@@H]2Oc3c(OC)cc(/C=C/C(=O)O[C@@H]4C[C@](O)(C(=O)O)C[C@H](O)[C@@H]4O)cc3[C@H]2CO)ccc1O. The van der Waals surface area contributed by atoms with Crippen LogP contribution in [0.25, 0.3) is 6.08 Å². The van der Waals surface area contributed by atoms with Crippen LogP contribution in [0.3, 0.4) is 0 Å². The fourth-order valence-corrected chi connectivity index (χ4v) is 4.92. The summed E-state index contributed by atoms with van der Waals surface area (Å²) in [5, 5.41) is 59.7. The number of ether oxygens (including phenoxy) is 4. The lowest BCUT2D eigenvalue weighted by molar-refractivity contribution is -0.196. The number of hydrogen-bond donors (Lipinski definition) is 6. The molecule has 2 aromatic carbocycles. The minimum absolute atomic E-state index is 0.0444. The monoisotopic (exact) mass is 546 g/mol. The van der Waals surface area contributed by atoms with Crippen LogP contribution in [0.2, 0.25) is 0 Å². The molecule has 2 aromatic rings. The Bertz CT molecular complexity index is 1270. The van der Waals surface area contributed by atoms with Crippen molar-refractivity contribution in [3.63, 3.8) is 0 Å². The Kier molecular flexibility index (Phi) is 8.02. The molecule has 0 amide bonds. The number of rotatable bonds is 8. The first-order valence-electron chi connectivity index (χ1n) is 12.1. The Hall–Kier alpha value is -3.84. The summed E-state index contributed by atoms with van der Waals surface area (Å²) in [6, 6.07) is 8.02. The van der Waals surface area contributed by atoms with E-state index in [4.69, 9.17) is 18.9 Å². The number of phenolic OH excluding ortho intramolecular Hbond substituents is 1. The molecule has 0 aromatic heterocycles. The number of aliphatic hydroxyl groups is 4. The van der Waals surface area contributed by atoms with Crippen LogP contribution in [0.1, 0.15) is 41.6 Å². The predicted molar refractivity (Wildman–Crippen MR) is 134 cm³/mol. The number of carbonyl (C=O) groups is 2. The van der Waals surface area contributed by atoms with Gasteiger partial charge in [-0.3, -0.25) is 0 Å². The number of methoxy groups -OCH3 is 2. The van der Waals surface area contributed by atoms with Gasteiger partial charge in [-0.1, -0.05) is 6.07 Å². The maximum Gasteiger partial charge on any atom is 0.335 e. The predicted octanol–water partition coefficient (Wildman–Crippen LogP) is 0.875. The summed E-state index contributed by atoms with van der Waals surface area (Å²) in [5.41, 5.74) is -0.603. The summed E-state index contributed by atoms with van der Waals surface area (Å²) in [7, 11) is 2.85. The molecule has 2 aliphatic rings. The highest BCUT2D eigenvalue weighted by atomic mass is 16.6. The van der Waals surface area contributed by atoms with Crippen LogP contribution in [-0.4, -0.2) is 87.3 Å². The molecule has 6 N–H and O–H groups in total. The summed E-state index contributed by atoms with van der Waals surface area (Å²) < 4.78 is 21.9. The fraction of sp³-hybridized carbons (Fsp3) is 0.407. The second-order valence-corrected chi connectivity index (χ2v) is 9.51. The van der Waals surface area contributed by atoms with Crippen molar-refractivity contribution < 1.29 is 59.2 Å². The first kappa shape index (κ1) is 28.2. The molecule has 12 heteroatoms. The molecular formula is C27H30O12. The van der Waals surface area contributed by atoms with E-state index in [1.54, 1.807) is 24.3 Å². The van der Waals surface area contributed by atoms with Gasteiger partial charge in [0.05, 0.1) is 32.8 Å². The maximum absolute atomic E-state index is 12.5. The van der Waals surface area contributed by atoms with Crippen molar-refractivity contribution in [3.8, 4) is 23.0 Å². The van der Waals surface area contributed by atoms with Crippen molar-refractivity contribution in [3.05, 3.63) is 53.1 Å². The minimum Gasteiger partial charge on any atom is -0.504 e. The van der Waals surface area contributed by atoms with Crippen LogP contribution in [0.15, 0.2) is 36.4 Å². The number of carboxylic acid groups (broad SMARTS) is 1. The molecule has 1 saturated carbocycles. The topological polar surface area (TPSA) is 192 Å². The average Bonchev–Trinajstić information content (AvgIpc) is 3.28. The minimum atomic E-state index is -2.35. The molecule has 12 nitrogen and oxygen atoms in total. The normalized spacial score (nSPS) is 28.0. The summed E-state index contributed by atoms with van der Waals surface area (Å²) >= 11 is 0. The Morgan fingerprint density at radius 3 is 2.46 bits per heavy atom. The standard InChI is InChI=1S/C27H30O12/c1-36-19-9-14(4-5-17(19)29)24-16(12-28)15-7-13(8-20(37-2)25(15)39-24)3-6-22(31)38-21-11-27(35,26(33)34)10-18(30)23(21)32/h3-9,16,18,21,23-24,28-30,32,35H,10-12H2,1-2H3,(H,33,34)/b6-3+/t16-,18+,21-,23+,24+,27+/m1/s1. The fourth-order valence-electron chi connectivity index (χ4n) is 4.92. The molecule has 1 fully saturated rings. The molecule has 210 valence electrons. The molecule has 1 aliphatic carbocycles. The van der Waals surface area contributed by atoms with Crippen LogP contribution < -0.4 is 14.2 Å². The molecule has 1 heterocycles. The number of fused-ring (bicyclic) bond motifs is 1. The van der Waals surface area contributed by atoms with E-state index < -0.39 is 60.7 Å². The van der Waals surface area contributed by atoms with E-state index in [0.29, 0.717) is 28.2 Å². The van der Waals surface area contributed by atoms with E-state index in [0.717, 1.165) is 6.08 Å². The first-order valence-corrected chi connectivity index (χ1v) is 12.1. The number of esters is 1. The molecular weight excluding hydrogens is 516 g/mol. The van der Waals surface area contributed by atoms with Gasteiger partial charge in [0.25, 0.3) is 0 Å². The highest BCUT2D eigenvalue weighted by Crippen LogP contribution is 2.51. The van der Waals surface area contributed by atoms with Gasteiger partial charge in [0.2, 0.25) is 0 Å². The van der Waals surface area contributed by atoms with Gasteiger partial charge in [-0.15, -0.1) is 0 Å². The Balaban J connectivity index is 1.55. The van der Waals surface area contributed by atoms with Gasteiger partial charge in [-0.25, -0.2) is 9.59 Å². The molecule has 0 radical (unpaired) electrons. The molecule has 0 saturated heterocycles. The number of aliphatic carboxylic acids is 1. The highest BCUT2D eigenvalue weighted by molar-refractivity contribution is 5.87. The molecule has 4 rings (SSSR count). The van der Waals surface area contributed by atoms with Crippen LogP contribution in [0.5, 0.6) is 23.0 Å².